The Morgan fingerprint density at radius 3 is 2.56 bits per heavy atom. The van der Waals surface area contributed by atoms with Crippen LogP contribution in [0.15, 0.2) is 30.3 Å². The smallest absolute Gasteiger partial charge is 0.0864 e. The third-order valence-electron chi connectivity index (χ3n) is 2.04. The molecule has 0 fully saturated rings. The summed E-state index contributed by atoms with van der Waals surface area (Å²) in [4.78, 5) is 0. The molecule has 0 aliphatic heterocycles. The molecule has 1 N–H and O–H groups in total. The molecule has 0 aliphatic carbocycles. The summed E-state index contributed by atoms with van der Waals surface area (Å²) < 4.78 is 5.45. The van der Waals surface area contributed by atoms with Crippen LogP contribution in [0.25, 0.3) is 0 Å². The Kier molecular flexibility index (Phi) is 6.53. The summed E-state index contributed by atoms with van der Waals surface area (Å²) >= 11 is 1.76. The first-order chi connectivity index (χ1) is 7.68. The van der Waals surface area contributed by atoms with Crippen LogP contribution in [-0.2, 0) is 11.3 Å². The van der Waals surface area contributed by atoms with E-state index in [1.807, 2.05) is 30.3 Å². The summed E-state index contributed by atoms with van der Waals surface area (Å²) in [6, 6.07) is 10.0. The lowest BCUT2D eigenvalue weighted by molar-refractivity contribution is 0.0397. The molecule has 0 saturated heterocycles. The lowest BCUT2D eigenvalue weighted by atomic mass is 10.2. The van der Waals surface area contributed by atoms with Crippen LogP contribution in [0, 0.1) is 0 Å². The van der Waals surface area contributed by atoms with E-state index in [4.69, 9.17) is 4.74 Å². The van der Waals surface area contributed by atoms with Gasteiger partial charge in [-0.25, -0.2) is 0 Å². The predicted molar refractivity (Wildman–Crippen MR) is 69.7 cm³/mol. The van der Waals surface area contributed by atoms with Gasteiger partial charge in [-0.15, -0.1) is 0 Å². The summed E-state index contributed by atoms with van der Waals surface area (Å²) in [6.45, 7) is 5.24. The number of rotatable bonds is 7. The SMILES string of the molecule is CC(C)SCC(O)COCc1ccccc1. The molecule has 1 atom stereocenters. The molecule has 0 bridgehead atoms. The van der Waals surface area contributed by atoms with Gasteiger partial charge in [0.1, 0.15) is 0 Å². The fourth-order valence-electron chi connectivity index (χ4n) is 1.24. The lowest BCUT2D eigenvalue weighted by Gasteiger charge is -2.12. The van der Waals surface area contributed by atoms with Crippen LogP contribution in [0.3, 0.4) is 0 Å². The van der Waals surface area contributed by atoms with Crippen molar-refractivity contribution in [3.05, 3.63) is 35.9 Å². The van der Waals surface area contributed by atoms with Crippen molar-refractivity contribution in [2.75, 3.05) is 12.4 Å². The molecule has 3 heteroatoms. The van der Waals surface area contributed by atoms with Gasteiger partial charge in [0, 0.05) is 5.75 Å². The molecular formula is C13H20O2S. The molecule has 1 aromatic carbocycles. The Bertz CT molecular complexity index is 275. The first kappa shape index (κ1) is 13.6. The molecule has 0 aliphatic rings. The molecule has 0 spiro atoms. The summed E-state index contributed by atoms with van der Waals surface area (Å²) in [7, 11) is 0. The van der Waals surface area contributed by atoms with Crippen LogP contribution < -0.4 is 0 Å². The lowest BCUT2D eigenvalue weighted by Crippen LogP contribution is -2.18. The van der Waals surface area contributed by atoms with Crippen molar-refractivity contribution in [2.45, 2.75) is 31.8 Å². The van der Waals surface area contributed by atoms with Crippen molar-refractivity contribution in [3.63, 3.8) is 0 Å². The molecule has 0 saturated carbocycles. The van der Waals surface area contributed by atoms with Crippen molar-refractivity contribution in [3.8, 4) is 0 Å². The predicted octanol–water partition coefficient (Wildman–Crippen LogP) is 2.71. The third-order valence-corrected chi connectivity index (χ3v) is 3.29. The van der Waals surface area contributed by atoms with Gasteiger partial charge in [-0.05, 0) is 10.8 Å². The van der Waals surface area contributed by atoms with E-state index >= 15 is 0 Å². The molecule has 0 radical (unpaired) electrons. The number of hydrogen-bond acceptors (Lipinski definition) is 3. The highest BCUT2D eigenvalue weighted by Gasteiger charge is 2.05. The minimum absolute atomic E-state index is 0.365. The van der Waals surface area contributed by atoms with E-state index in [9.17, 15) is 5.11 Å². The van der Waals surface area contributed by atoms with Gasteiger partial charge in [0.05, 0.1) is 19.3 Å². The van der Waals surface area contributed by atoms with Crippen molar-refractivity contribution >= 4 is 11.8 Å². The summed E-state index contributed by atoms with van der Waals surface area (Å²) in [6.07, 6.45) is -0.365. The monoisotopic (exact) mass is 240 g/mol. The first-order valence-corrected chi connectivity index (χ1v) is 6.64. The topological polar surface area (TPSA) is 29.5 Å². The molecule has 1 rings (SSSR count). The molecule has 16 heavy (non-hydrogen) atoms. The van der Waals surface area contributed by atoms with E-state index < -0.39 is 0 Å². The summed E-state index contributed by atoms with van der Waals surface area (Å²) in [5.41, 5.74) is 1.14. The maximum Gasteiger partial charge on any atom is 0.0864 e. The molecular weight excluding hydrogens is 220 g/mol. The normalized spacial score (nSPS) is 13.0. The van der Waals surface area contributed by atoms with Crippen LogP contribution in [0.2, 0.25) is 0 Å². The Morgan fingerprint density at radius 2 is 1.94 bits per heavy atom. The van der Waals surface area contributed by atoms with Crippen LogP contribution in [-0.4, -0.2) is 28.8 Å². The van der Waals surface area contributed by atoms with E-state index in [1.165, 1.54) is 0 Å². The van der Waals surface area contributed by atoms with Gasteiger partial charge < -0.3 is 9.84 Å². The molecule has 2 nitrogen and oxygen atoms in total. The summed E-state index contributed by atoms with van der Waals surface area (Å²) in [5.74, 6) is 0.743. The zero-order valence-corrected chi connectivity index (χ0v) is 10.7. The molecule has 1 unspecified atom stereocenters. The van der Waals surface area contributed by atoms with Gasteiger partial charge in [-0.2, -0.15) is 11.8 Å². The van der Waals surface area contributed by atoms with E-state index in [-0.39, 0.29) is 6.10 Å². The minimum Gasteiger partial charge on any atom is -0.390 e. The van der Waals surface area contributed by atoms with Gasteiger partial charge in [0.2, 0.25) is 0 Å². The van der Waals surface area contributed by atoms with E-state index in [2.05, 4.69) is 13.8 Å². The average Bonchev–Trinajstić information content (AvgIpc) is 2.28. The Labute approximate surface area is 102 Å². The highest BCUT2D eigenvalue weighted by atomic mass is 32.2. The number of thioether (sulfide) groups is 1. The highest BCUT2D eigenvalue weighted by molar-refractivity contribution is 7.99. The second-order valence-electron chi connectivity index (χ2n) is 4.04. The highest BCUT2D eigenvalue weighted by Crippen LogP contribution is 2.11. The number of aliphatic hydroxyl groups excluding tert-OH is 1. The fourth-order valence-corrected chi connectivity index (χ4v) is 1.94. The molecule has 0 amide bonds. The summed E-state index contributed by atoms with van der Waals surface area (Å²) in [5, 5.41) is 10.2. The Hall–Kier alpha value is -0.510. The van der Waals surface area contributed by atoms with Gasteiger partial charge in [-0.3, -0.25) is 0 Å². The number of ether oxygens (including phenoxy) is 1. The minimum atomic E-state index is -0.365. The fraction of sp³-hybridized carbons (Fsp3) is 0.538. The first-order valence-electron chi connectivity index (χ1n) is 5.60. The van der Waals surface area contributed by atoms with E-state index in [0.717, 1.165) is 11.3 Å². The van der Waals surface area contributed by atoms with Gasteiger partial charge in [-0.1, -0.05) is 44.2 Å². The van der Waals surface area contributed by atoms with Crippen molar-refractivity contribution in [1.29, 1.82) is 0 Å². The van der Waals surface area contributed by atoms with Gasteiger partial charge in [0.25, 0.3) is 0 Å². The second kappa shape index (κ2) is 7.71. The molecule has 0 heterocycles. The van der Waals surface area contributed by atoms with Crippen LogP contribution >= 0.6 is 11.8 Å². The zero-order chi connectivity index (χ0) is 11.8. The van der Waals surface area contributed by atoms with Crippen molar-refractivity contribution < 1.29 is 9.84 Å². The maximum atomic E-state index is 9.63. The molecule has 90 valence electrons. The van der Waals surface area contributed by atoms with Crippen LogP contribution in [0.4, 0.5) is 0 Å². The van der Waals surface area contributed by atoms with E-state index in [0.29, 0.717) is 18.5 Å². The molecule has 1 aromatic rings. The van der Waals surface area contributed by atoms with Crippen molar-refractivity contribution in [2.24, 2.45) is 0 Å². The second-order valence-corrected chi connectivity index (χ2v) is 5.65. The van der Waals surface area contributed by atoms with Gasteiger partial charge in [0.15, 0.2) is 0 Å². The number of hydrogen-bond donors (Lipinski definition) is 1. The molecule has 0 aromatic heterocycles. The third kappa shape index (κ3) is 6.16. The Balaban J connectivity index is 2.11. The maximum absolute atomic E-state index is 9.63. The standard InChI is InChI=1S/C13H20O2S/c1-11(2)16-10-13(14)9-15-8-12-6-4-3-5-7-12/h3-7,11,13-14H,8-10H2,1-2H3. The largest absolute Gasteiger partial charge is 0.390 e. The number of aliphatic hydroxyl groups is 1. The number of benzene rings is 1. The average molecular weight is 240 g/mol. The zero-order valence-electron chi connectivity index (χ0n) is 9.93. The Morgan fingerprint density at radius 1 is 1.25 bits per heavy atom. The van der Waals surface area contributed by atoms with Crippen LogP contribution in [0.1, 0.15) is 19.4 Å². The van der Waals surface area contributed by atoms with Crippen LogP contribution in [0.5, 0.6) is 0 Å². The van der Waals surface area contributed by atoms with Gasteiger partial charge >= 0.3 is 0 Å². The van der Waals surface area contributed by atoms with Crippen molar-refractivity contribution in [1.82, 2.24) is 0 Å². The van der Waals surface area contributed by atoms with E-state index in [1.54, 1.807) is 11.8 Å². The quantitative estimate of drug-likeness (QED) is 0.794.